The predicted molar refractivity (Wildman–Crippen MR) is 102 cm³/mol. The van der Waals surface area contributed by atoms with Crippen molar-refractivity contribution >= 4 is 29.5 Å². The quantitative estimate of drug-likeness (QED) is 0.687. The lowest BCUT2D eigenvalue weighted by atomic mass is 10.2. The minimum atomic E-state index is -0.323. The molecule has 9 heteroatoms. The SMILES string of the molecule is CN1CC=NC(N2CCN(C(=O)N3CCOc4cc(Cl)ccc43)CC2)=C1F. The standard InChI is InChI=1S/C18H21ClFN5O2/c1-22-5-4-21-17(16(22)20)23-6-8-24(9-7-23)18(26)25-10-11-27-15-12-13(19)2-3-14(15)25/h2-4,12H,5-11H2,1H3. The van der Waals surface area contributed by atoms with E-state index in [0.717, 1.165) is 5.69 Å². The molecular weight excluding hydrogens is 373 g/mol. The van der Waals surface area contributed by atoms with E-state index in [9.17, 15) is 9.18 Å². The molecule has 1 saturated heterocycles. The fourth-order valence-corrected chi connectivity index (χ4v) is 3.60. The molecule has 7 nitrogen and oxygen atoms in total. The first-order chi connectivity index (χ1) is 13.0. The molecule has 2 amide bonds. The van der Waals surface area contributed by atoms with E-state index < -0.39 is 0 Å². The number of ether oxygens (including phenoxy) is 1. The number of urea groups is 1. The summed E-state index contributed by atoms with van der Waals surface area (Å²) >= 11 is 6.02. The van der Waals surface area contributed by atoms with Crippen LogP contribution < -0.4 is 9.64 Å². The number of hydrogen-bond donors (Lipinski definition) is 0. The molecule has 0 spiro atoms. The molecule has 4 rings (SSSR count). The number of nitrogens with zero attached hydrogens (tertiary/aromatic N) is 5. The summed E-state index contributed by atoms with van der Waals surface area (Å²) in [7, 11) is 1.70. The third-order valence-electron chi connectivity index (χ3n) is 4.95. The van der Waals surface area contributed by atoms with Crippen molar-refractivity contribution in [3.63, 3.8) is 0 Å². The highest BCUT2D eigenvalue weighted by molar-refractivity contribution is 6.30. The molecule has 1 fully saturated rings. The summed E-state index contributed by atoms with van der Waals surface area (Å²) in [6.07, 6.45) is 1.70. The minimum Gasteiger partial charge on any atom is -0.489 e. The maximum absolute atomic E-state index is 14.3. The van der Waals surface area contributed by atoms with Crippen molar-refractivity contribution in [1.82, 2.24) is 14.7 Å². The van der Waals surface area contributed by atoms with E-state index in [4.69, 9.17) is 16.3 Å². The van der Waals surface area contributed by atoms with Gasteiger partial charge in [0.1, 0.15) is 12.4 Å². The summed E-state index contributed by atoms with van der Waals surface area (Å²) in [6, 6.07) is 5.21. The Bertz CT molecular complexity index is 807. The van der Waals surface area contributed by atoms with Crippen LogP contribution in [0.15, 0.2) is 35.0 Å². The van der Waals surface area contributed by atoms with Crippen LogP contribution in [0.3, 0.4) is 0 Å². The van der Waals surface area contributed by atoms with Gasteiger partial charge in [-0.3, -0.25) is 4.90 Å². The number of benzene rings is 1. The normalized spacial score (nSPS) is 20.0. The predicted octanol–water partition coefficient (Wildman–Crippen LogP) is 2.39. The van der Waals surface area contributed by atoms with Crippen LogP contribution in [0.25, 0.3) is 0 Å². The Hall–Kier alpha value is -2.48. The van der Waals surface area contributed by atoms with Gasteiger partial charge >= 0.3 is 6.03 Å². The zero-order chi connectivity index (χ0) is 19.0. The van der Waals surface area contributed by atoms with Gasteiger partial charge in [0.2, 0.25) is 5.95 Å². The van der Waals surface area contributed by atoms with Crippen LogP contribution in [0, 0.1) is 0 Å². The zero-order valence-electron chi connectivity index (χ0n) is 15.1. The van der Waals surface area contributed by atoms with E-state index in [1.165, 1.54) is 4.90 Å². The highest BCUT2D eigenvalue weighted by Gasteiger charge is 2.31. The number of anilines is 1. The molecule has 144 valence electrons. The highest BCUT2D eigenvalue weighted by atomic mass is 35.5. The largest absolute Gasteiger partial charge is 0.489 e. The van der Waals surface area contributed by atoms with Crippen molar-refractivity contribution in [3.8, 4) is 5.75 Å². The van der Waals surface area contributed by atoms with E-state index in [-0.39, 0.29) is 12.0 Å². The topological polar surface area (TPSA) is 51.6 Å². The van der Waals surface area contributed by atoms with Crippen LogP contribution in [-0.2, 0) is 0 Å². The average Bonchev–Trinajstić information content (AvgIpc) is 2.69. The van der Waals surface area contributed by atoms with Crippen LogP contribution in [0.2, 0.25) is 5.02 Å². The maximum atomic E-state index is 14.3. The maximum Gasteiger partial charge on any atom is 0.324 e. The molecule has 0 aromatic heterocycles. The Kier molecular flexibility index (Phi) is 4.82. The third-order valence-corrected chi connectivity index (χ3v) is 5.19. The number of carbonyl (C=O) groups is 1. The summed E-state index contributed by atoms with van der Waals surface area (Å²) in [5.74, 6) is 0.644. The van der Waals surface area contributed by atoms with Crippen molar-refractivity contribution in [1.29, 1.82) is 0 Å². The molecule has 3 heterocycles. The zero-order valence-corrected chi connectivity index (χ0v) is 15.8. The number of hydrogen-bond acceptors (Lipinski definition) is 5. The number of rotatable bonds is 1. The van der Waals surface area contributed by atoms with Gasteiger partial charge in [0.05, 0.1) is 18.8 Å². The van der Waals surface area contributed by atoms with Gasteiger partial charge in [0.25, 0.3) is 0 Å². The van der Waals surface area contributed by atoms with E-state index in [1.807, 2.05) is 4.90 Å². The minimum absolute atomic E-state index is 0.0692. The second-order valence-electron chi connectivity index (χ2n) is 6.68. The van der Waals surface area contributed by atoms with E-state index in [0.29, 0.717) is 62.5 Å². The fraction of sp³-hybridized carbons (Fsp3) is 0.444. The Morgan fingerprint density at radius 3 is 2.78 bits per heavy atom. The van der Waals surface area contributed by atoms with Crippen molar-refractivity contribution in [3.05, 3.63) is 35.0 Å². The molecule has 1 aromatic rings. The fourth-order valence-electron chi connectivity index (χ4n) is 3.44. The van der Waals surface area contributed by atoms with Gasteiger partial charge in [-0.25, -0.2) is 9.79 Å². The Labute approximate surface area is 162 Å². The summed E-state index contributed by atoms with van der Waals surface area (Å²) in [4.78, 5) is 24.1. The molecule has 0 radical (unpaired) electrons. The lowest BCUT2D eigenvalue weighted by molar-refractivity contribution is 0.153. The molecule has 27 heavy (non-hydrogen) atoms. The molecule has 1 aromatic carbocycles. The lowest BCUT2D eigenvalue weighted by Gasteiger charge is -2.40. The van der Waals surface area contributed by atoms with Crippen LogP contribution in [0.1, 0.15) is 0 Å². The van der Waals surface area contributed by atoms with E-state index in [2.05, 4.69) is 4.99 Å². The summed E-state index contributed by atoms with van der Waals surface area (Å²) in [6.45, 7) is 3.48. The average molecular weight is 394 g/mol. The van der Waals surface area contributed by atoms with Crippen molar-refractivity contribution in [2.75, 3.05) is 57.8 Å². The molecule has 3 aliphatic heterocycles. The number of carbonyl (C=O) groups excluding carboxylic acids is 1. The second kappa shape index (κ2) is 7.26. The van der Waals surface area contributed by atoms with Crippen molar-refractivity contribution in [2.45, 2.75) is 0 Å². The molecule has 0 N–H and O–H groups in total. The van der Waals surface area contributed by atoms with Gasteiger partial charge in [-0.05, 0) is 12.1 Å². The van der Waals surface area contributed by atoms with Gasteiger partial charge in [0.15, 0.2) is 5.82 Å². The Morgan fingerprint density at radius 2 is 2.00 bits per heavy atom. The molecule has 3 aliphatic rings. The van der Waals surface area contributed by atoms with Crippen LogP contribution in [0.4, 0.5) is 14.9 Å². The first kappa shape index (κ1) is 17.9. The molecular formula is C18H21ClFN5O2. The first-order valence-electron chi connectivity index (χ1n) is 8.92. The van der Waals surface area contributed by atoms with Crippen LogP contribution >= 0.6 is 11.6 Å². The number of amides is 2. The van der Waals surface area contributed by atoms with E-state index in [1.54, 1.807) is 41.3 Å². The van der Waals surface area contributed by atoms with Crippen molar-refractivity contribution < 1.29 is 13.9 Å². The number of aliphatic imine (C=N–C) groups is 1. The second-order valence-corrected chi connectivity index (χ2v) is 7.11. The van der Waals surface area contributed by atoms with Gasteiger partial charge in [-0.1, -0.05) is 11.6 Å². The molecule has 0 aliphatic carbocycles. The molecule has 0 atom stereocenters. The highest BCUT2D eigenvalue weighted by Crippen LogP contribution is 2.34. The molecule has 0 saturated carbocycles. The third kappa shape index (κ3) is 3.41. The van der Waals surface area contributed by atoms with Gasteiger partial charge in [0, 0.05) is 50.5 Å². The first-order valence-corrected chi connectivity index (χ1v) is 9.29. The lowest BCUT2D eigenvalue weighted by Crippen LogP contribution is -2.54. The molecule has 0 unspecified atom stereocenters. The summed E-state index contributed by atoms with van der Waals surface area (Å²) in [5.41, 5.74) is 0.727. The van der Waals surface area contributed by atoms with E-state index >= 15 is 0 Å². The summed E-state index contributed by atoms with van der Waals surface area (Å²) in [5, 5.41) is 0.574. The van der Waals surface area contributed by atoms with Crippen LogP contribution in [0.5, 0.6) is 5.75 Å². The number of halogens is 2. The van der Waals surface area contributed by atoms with Gasteiger partial charge < -0.3 is 19.4 Å². The van der Waals surface area contributed by atoms with Gasteiger partial charge in [-0.2, -0.15) is 4.39 Å². The summed E-state index contributed by atoms with van der Waals surface area (Å²) < 4.78 is 19.9. The smallest absolute Gasteiger partial charge is 0.324 e. The monoisotopic (exact) mass is 393 g/mol. The van der Waals surface area contributed by atoms with Crippen LogP contribution in [-0.4, -0.2) is 79.9 Å². The van der Waals surface area contributed by atoms with Crippen molar-refractivity contribution in [2.24, 2.45) is 4.99 Å². The molecule has 0 bridgehead atoms. The Balaban J connectivity index is 1.44. The number of fused-ring (bicyclic) bond motifs is 1. The van der Waals surface area contributed by atoms with Gasteiger partial charge in [-0.15, -0.1) is 0 Å². The number of piperazine rings is 1. The Morgan fingerprint density at radius 1 is 1.22 bits per heavy atom.